The van der Waals surface area contributed by atoms with Crippen LogP contribution < -0.4 is 0 Å². The molecule has 0 unspecified atom stereocenters. The lowest BCUT2D eigenvalue weighted by atomic mass is 10.1. The average Bonchev–Trinajstić information content (AvgIpc) is 2.96. The molecule has 23 heavy (non-hydrogen) atoms. The number of hydrogen-bond acceptors (Lipinski definition) is 4. The van der Waals surface area contributed by atoms with Crippen molar-refractivity contribution in [3.8, 4) is 0 Å². The van der Waals surface area contributed by atoms with Crippen molar-refractivity contribution < 1.29 is 19.1 Å². The highest BCUT2D eigenvalue weighted by molar-refractivity contribution is 6.03. The molecule has 0 aliphatic rings. The van der Waals surface area contributed by atoms with Crippen molar-refractivity contribution >= 4 is 11.9 Å². The molecule has 1 aromatic rings. The summed E-state index contributed by atoms with van der Waals surface area (Å²) in [6.45, 7) is 7.05. The van der Waals surface area contributed by atoms with E-state index >= 15 is 0 Å². The van der Waals surface area contributed by atoms with E-state index in [1.807, 2.05) is 4.57 Å². The van der Waals surface area contributed by atoms with Crippen LogP contribution in [0.15, 0.2) is 12.4 Å². The molecule has 0 aliphatic heterocycles. The Morgan fingerprint density at radius 2 is 1.30 bits per heavy atom. The number of ether oxygens (including phenoxy) is 2. The zero-order valence-electron chi connectivity index (χ0n) is 14.6. The minimum absolute atomic E-state index is 0.281. The molecule has 1 heterocycles. The van der Waals surface area contributed by atoms with Gasteiger partial charge in [-0.05, 0) is 20.3 Å². The van der Waals surface area contributed by atoms with E-state index in [1.165, 1.54) is 25.7 Å². The molecule has 0 aromatic carbocycles. The van der Waals surface area contributed by atoms with Crippen LogP contribution in [0.3, 0.4) is 0 Å². The third-order valence-electron chi connectivity index (χ3n) is 3.64. The fraction of sp³-hybridized carbons (Fsp3) is 0.667. The Balaban J connectivity index is 2.67. The number of carbonyl (C=O) groups is 2. The Morgan fingerprint density at radius 1 is 0.826 bits per heavy atom. The first-order chi connectivity index (χ1) is 11.1. The minimum Gasteiger partial charge on any atom is -0.462 e. The quantitative estimate of drug-likeness (QED) is 0.452. The molecule has 0 aliphatic carbocycles. The van der Waals surface area contributed by atoms with E-state index < -0.39 is 11.9 Å². The lowest BCUT2D eigenvalue weighted by Gasteiger charge is -2.03. The maximum atomic E-state index is 12.0. The molecule has 0 bridgehead atoms. The number of hydrogen-bond donors (Lipinski definition) is 0. The van der Waals surface area contributed by atoms with Gasteiger partial charge in [-0.2, -0.15) is 0 Å². The predicted octanol–water partition coefficient (Wildman–Crippen LogP) is 4.20. The van der Waals surface area contributed by atoms with Gasteiger partial charge in [0.2, 0.25) is 0 Å². The number of carbonyl (C=O) groups excluding carboxylic acids is 2. The van der Waals surface area contributed by atoms with E-state index in [-0.39, 0.29) is 24.3 Å². The number of rotatable bonds is 11. The van der Waals surface area contributed by atoms with E-state index in [0.717, 1.165) is 19.4 Å². The molecule has 0 saturated heterocycles. The number of nitrogens with zero attached hydrogens (tertiary/aromatic N) is 1. The van der Waals surface area contributed by atoms with Crippen LogP contribution in [0.5, 0.6) is 0 Å². The Morgan fingerprint density at radius 3 is 1.78 bits per heavy atom. The molecular weight excluding hydrogens is 294 g/mol. The number of unbranched alkanes of at least 4 members (excludes halogenated alkanes) is 5. The fourth-order valence-corrected chi connectivity index (χ4v) is 2.45. The van der Waals surface area contributed by atoms with Gasteiger partial charge >= 0.3 is 11.9 Å². The summed E-state index contributed by atoms with van der Waals surface area (Å²) in [6.07, 6.45) is 10.6. The molecule has 0 radical (unpaired) electrons. The van der Waals surface area contributed by atoms with Gasteiger partial charge in [0, 0.05) is 18.9 Å². The van der Waals surface area contributed by atoms with Gasteiger partial charge in [-0.25, -0.2) is 9.59 Å². The van der Waals surface area contributed by atoms with Crippen LogP contribution in [-0.4, -0.2) is 29.7 Å². The molecule has 0 saturated carbocycles. The van der Waals surface area contributed by atoms with Gasteiger partial charge < -0.3 is 14.0 Å². The van der Waals surface area contributed by atoms with Crippen LogP contribution >= 0.6 is 0 Å². The lowest BCUT2D eigenvalue weighted by molar-refractivity contribution is 0.0480. The molecule has 5 heteroatoms. The van der Waals surface area contributed by atoms with E-state index in [0.29, 0.717) is 0 Å². The smallest absolute Gasteiger partial charge is 0.340 e. The molecule has 0 fully saturated rings. The summed E-state index contributed by atoms with van der Waals surface area (Å²) < 4.78 is 11.9. The Labute approximate surface area is 139 Å². The average molecular weight is 323 g/mol. The summed E-state index contributed by atoms with van der Waals surface area (Å²) in [6, 6.07) is 0. The van der Waals surface area contributed by atoms with Gasteiger partial charge in [-0.1, -0.05) is 39.0 Å². The monoisotopic (exact) mass is 323 g/mol. The minimum atomic E-state index is -0.475. The topological polar surface area (TPSA) is 57.5 Å². The third-order valence-corrected chi connectivity index (χ3v) is 3.64. The fourth-order valence-electron chi connectivity index (χ4n) is 2.45. The first kappa shape index (κ1) is 19.3. The van der Waals surface area contributed by atoms with Crippen molar-refractivity contribution in [1.82, 2.24) is 4.57 Å². The maximum Gasteiger partial charge on any atom is 0.340 e. The highest BCUT2D eigenvalue weighted by Crippen LogP contribution is 2.16. The van der Waals surface area contributed by atoms with Crippen molar-refractivity contribution in [2.45, 2.75) is 65.8 Å². The van der Waals surface area contributed by atoms with Crippen molar-refractivity contribution in [2.75, 3.05) is 13.2 Å². The largest absolute Gasteiger partial charge is 0.462 e. The first-order valence-electron chi connectivity index (χ1n) is 8.68. The summed E-state index contributed by atoms with van der Waals surface area (Å²) in [7, 11) is 0. The molecule has 0 spiro atoms. The summed E-state index contributed by atoms with van der Waals surface area (Å²) in [5.74, 6) is -0.950. The van der Waals surface area contributed by atoms with Gasteiger partial charge in [-0.15, -0.1) is 0 Å². The second kappa shape index (κ2) is 10.9. The maximum absolute atomic E-state index is 12.0. The van der Waals surface area contributed by atoms with Gasteiger partial charge in [0.1, 0.15) is 0 Å². The normalized spacial score (nSPS) is 10.6. The van der Waals surface area contributed by atoms with Gasteiger partial charge in [0.15, 0.2) is 0 Å². The molecule has 130 valence electrons. The summed E-state index contributed by atoms with van der Waals surface area (Å²) in [4.78, 5) is 24.0. The number of esters is 2. The standard InChI is InChI=1S/C18H29NO4/c1-4-7-8-9-10-11-12-19-13-15(17(20)22-5-2)16(14-19)18(21)23-6-3/h13-14H,4-12H2,1-3H3. The zero-order valence-corrected chi connectivity index (χ0v) is 14.6. The van der Waals surface area contributed by atoms with Crippen LogP contribution in [0.25, 0.3) is 0 Å². The van der Waals surface area contributed by atoms with Crippen molar-refractivity contribution in [3.05, 3.63) is 23.5 Å². The van der Waals surface area contributed by atoms with E-state index in [9.17, 15) is 9.59 Å². The molecular formula is C18H29NO4. The van der Waals surface area contributed by atoms with Crippen molar-refractivity contribution in [2.24, 2.45) is 0 Å². The Hall–Kier alpha value is -1.78. The summed E-state index contributed by atoms with van der Waals surface area (Å²) in [5.41, 5.74) is 0.576. The van der Waals surface area contributed by atoms with Crippen molar-refractivity contribution in [1.29, 1.82) is 0 Å². The van der Waals surface area contributed by atoms with Crippen LogP contribution in [0, 0.1) is 0 Å². The second-order valence-corrected chi connectivity index (χ2v) is 5.53. The van der Waals surface area contributed by atoms with Gasteiger partial charge in [0.05, 0.1) is 24.3 Å². The van der Waals surface area contributed by atoms with Crippen molar-refractivity contribution in [3.63, 3.8) is 0 Å². The van der Waals surface area contributed by atoms with Gasteiger partial charge in [0.25, 0.3) is 0 Å². The third kappa shape index (κ3) is 6.47. The van der Waals surface area contributed by atoms with Crippen LogP contribution in [0.1, 0.15) is 80.0 Å². The summed E-state index contributed by atoms with van der Waals surface area (Å²) >= 11 is 0. The molecule has 0 amide bonds. The highest BCUT2D eigenvalue weighted by atomic mass is 16.5. The lowest BCUT2D eigenvalue weighted by Crippen LogP contribution is -2.11. The van der Waals surface area contributed by atoms with E-state index in [2.05, 4.69) is 6.92 Å². The highest BCUT2D eigenvalue weighted by Gasteiger charge is 2.21. The molecule has 0 N–H and O–H groups in total. The van der Waals surface area contributed by atoms with Crippen LogP contribution in [-0.2, 0) is 16.0 Å². The zero-order chi connectivity index (χ0) is 17.1. The molecule has 5 nitrogen and oxygen atoms in total. The second-order valence-electron chi connectivity index (χ2n) is 5.53. The van der Waals surface area contributed by atoms with E-state index in [1.54, 1.807) is 26.2 Å². The number of aromatic nitrogens is 1. The van der Waals surface area contributed by atoms with Crippen LogP contribution in [0.2, 0.25) is 0 Å². The predicted molar refractivity (Wildman–Crippen MR) is 89.7 cm³/mol. The summed E-state index contributed by atoms with van der Waals surface area (Å²) in [5, 5.41) is 0. The molecule has 1 aromatic heterocycles. The molecule has 0 atom stereocenters. The van der Waals surface area contributed by atoms with Gasteiger partial charge in [-0.3, -0.25) is 0 Å². The number of aryl methyl sites for hydroxylation is 1. The Kier molecular flexibility index (Phi) is 9.10. The van der Waals surface area contributed by atoms with E-state index in [4.69, 9.17) is 9.47 Å². The SMILES string of the molecule is CCCCCCCCn1cc(C(=O)OCC)c(C(=O)OCC)c1. The molecule has 1 rings (SSSR count). The van der Waals surface area contributed by atoms with Crippen LogP contribution in [0.4, 0.5) is 0 Å². The Bertz CT molecular complexity index is 458. The first-order valence-corrected chi connectivity index (χ1v) is 8.68.